The minimum Gasteiger partial charge on any atom is -0.469 e. The van der Waals surface area contributed by atoms with E-state index in [0.29, 0.717) is 115 Å². The van der Waals surface area contributed by atoms with Gasteiger partial charge in [-0.2, -0.15) is 0 Å². The summed E-state index contributed by atoms with van der Waals surface area (Å²) in [6.07, 6.45) is 9.14. The van der Waals surface area contributed by atoms with E-state index < -0.39 is 0 Å². The van der Waals surface area contributed by atoms with Gasteiger partial charge in [-0.05, 0) is 92.3 Å². The number of esters is 3. The van der Waals surface area contributed by atoms with Crippen molar-refractivity contribution in [3.05, 3.63) is 0 Å². The van der Waals surface area contributed by atoms with Crippen molar-refractivity contribution in [3.63, 3.8) is 0 Å². The first kappa shape index (κ1) is 37.5. The zero-order valence-electron chi connectivity index (χ0n) is 31.0. The van der Waals surface area contributed by atoms with Gasteiger partial charge in [-0.25, -0.2) is 0 Å². The van der Waals surface area contributed by atoms with Gasteiger partial charge in [0.25, 0.3) is 0 Å². The lowest BCUT2D eigenvalue weighted by atomic mass is 9.76. The highest BCUT2D eigenvalue weighted by Gasteiger charge is 2.51. The van der Waals surface area contributed by atoms with E-state index in [1.807, 2.05) is 0 Å². The number of methoxy groups -OCH3 is 3. The van der Waals surface area contributed by atoms with Crippen molar-refractivity contribution in [1.82, 2.24) is 21.3 Å². The fourth-order valence-electron chi connectivity index (χ4n) is 11.3. The molecule has 0 spiro atoms. The van der Waals surface area contributed by atoms with Crippen LogP contribution in [0, 0.1) is 47.3 Å². The van der Waals surface area contributed by atoms with Crippen LogP contribution in [-0.2, 0) is 28.6 Å². The van der Waals surface area contributed by atoms with Gasteiger partial charge in [0.15, 0.2) is 0 Å². The molecule has 5 rings (SSSR count). The number of carbonyl (C=O) groups is 3. The lowest BCUT2D eigenvalue weighted by molar-refractivity contribution is -0.142. The Morgan fingerprint density at radius 2 is 0.708 bits per heavy atom. The zero-order chi connectivity index (χ0) is 34.7. The summed E-state index contributed by atoms with van der Waals surface area (Å²) in [5.74, 6) is 3.22. The van der Waals surface area contributed by atoms with E-state index in [0.717, 1.165) is 51.4 Å². The van der Waals surface area contributed by atoms with Crippen LogP contribution in [0.15, 0.2) is 0 Å². The van der Waals surface area contributed by atoms with E-state index in [1.54, 1.807) is 0 Å². The predicted octanol–water partition coefficient (Wildman–Crippen LogP) is 4.20. The van der Waals surface area contributed by atoms with Crippen LogP contribution in [-0.4, -0.2) is 87.6 Å². The molecule has 5 fully saturated rings. The fourth-order valence-corrected chi connectivity index (χ4v) is 11.3. The maximum absolute atomic E-state index is 12.3. The molecule has 8 bridgehead atoms. The summed E-state index contributed by atoms with van der Waals surface area (Å²) in [4.78, 5) is 37.0. The van der Waals surface area contributed by atoms with Crippen molar-refractivity contribution in [2.24, 2.45) is 47.3 Å². The highest BCUT2D eigenvalue weighted by atomic mass is 16.5. The monoisotopic (exact) mass is 674 g/mol. The molecule has 0 aliphatic carbocycles. The van der Waals surface area contributed by atoms with E-state index in [9.17, 15) is 14.4 Å². The molecule has 16 unspecified atom stereocenters. The molecule has 10 heteroatoms. The number of fused-ring (bicyclic) bond motifs is 8. The smallest absolute Gasteiger partial charge is 0.305 e. The Hall–Kier alpha value is -1.75. The largest absolute Gasteiger partial charge is 0.469 e. The molecule has 274 valence electrons. The highest BCUT2D eigenvalue weighted by Crippen LogP contribution is 2.45. The van der Waals surface area contributed by atoms with Gasteiger partial charge in [0.2, 0.25) is 0 Å². The van der Waals surface area contributed by atoms with Gasteiger partial charge in [0.05, 0.1) is 21.3 Å². The summed E-state index contributed by atoms with van der Waals surface area (Å²) in [5, 5.41) is 16.6. The molecule has 5 aliphatic rings. The first-order chi connectivity index (χ1) is 23.0. The molecular formula is C38H66N4O6. The van der Waals surface area contributed by atoms with Crippen LogP contribution in [0.2, 0.25) is 0 Å². The van der Waals surface area contributed by atoms with Crippen LogP contribution >= 0.6 is 0 Å². The van der Waals surface area contributed by atoms with E-state index in [-0.39, 0.29) is 17.9 Å². The summed E-state index contributed by atoms with van der Waals surface area (Å²) >= 11 is 0. The van der Waals surface area contributed by atoms with E-state index in [4.69, 9.17) is 14.2 Å². The van der Waals surface area contributed by atoms with Gasteiger partial charge in [-0.1, -0.05) is 41.0 Å². The van der Waals surface area contributed by atoms with Crippen molar-refractivity contribution in [1.29, 1.82) is 0 Å². The number of hydrogen-bond acceptors (Lipinski definition) is 10. The van der Waals surface area contributed by atoms with Crippen LogP contribution in [0.4, 0.5) is 0 Å². The number of ether oxygens (including phenoxy) is 3. The van der Waals surface area contributed by atoms with E-state index >= 15 is 0 Å². The van der Waals surface area contributed by atoms with Crippen molar-refractivity contribution >= 4 is 17.9 Å². The van der Waals surface area contributed by atoms with Gasteiger partial charge in [0, 0.05) is 67.6 Å². The third-order valence-electron chi connectivity index (χ3n) is 14.3. The number of carbonyl (C=O) groups excluding carboxylic acids is 3. The Balaban J connectivity index is 1.46. The minimum atomic E-state index is -0.137. The summed E-state index contributed by atoms with van der Waals surface area (Å²) in [5.41, 5.74) is 0. The molecule has 48 heavy (non-hydrogen) atoms. The molecule has 5 aliphatic heterocycles. The maximum atomic E-state index is 12.3. The van der Waals surface area contributed by atoms with Crippen molar-refractivity contribution in [2.45, 2.75) is 154 Å². The molecule has 10 nitrogen and oxygen atoms in total. The fraction of sp³-hybridized carbons (Fsp3) is 0.921. The molecule has 5 saturated heterocycles. The first-order valence-corrected chi connectivity index (χ1v) is 19.2. The zero-order valence-corrected chi connectivity index (χ0v) is 31.0. The third-order valence-corrected chi connectivity index (χ3v) is 14.3. The summed E-state index contributed by atoms with van der Waals surface area (Å²) in [6.45, 7) is 11.9. The van der Waals surface area contributed by atoms with Crippen LogP contribution in [0.3, 0.4) is 0 Å². The van der Waals surface area contributed by atoms with E-state index in [2.05, 4.69) is 55.9 Å². The van der Waals surface area contributed by atoms with Crippen LogP contribution in [0.1, 0.15) is 105 Å². The molecule has 5 heterocycles. The normalized spacial score (nSPS) is 44.0. The summed E-state index contributed by atoms with van der Waals surface area (Å²) < 4.78 is 15.2. The molecule has 0 aromatic heterocycles. The molecule has 16 atom stereocenters. The Morgan fingerprint density at radius 3 is 1.00 bits per heavy atom. The second-order valence-electron chi connectivity index (χ2n) is 16.3. The third kappa shape index (κ3) is 8.07. The van der Waals surface area contributed by atoms with E-state index in [1.165, 1.54) is 21.3 Å². The Morgan fingerprint density at radius 1 is 0.458 bits per heavy atom. The SMILES string of the molecule is CCC1C2CC3NC(CC4NC(CC5NC(CC(N2)C1C)C(CCC(=O)OC)C5C)C(CCC(=O)OC)C4C)C(C)C3CCC(=O)OC. The number of nitrogens with one attached hydrogen (secondary N) is 4. The standard InChI is InChI=1S/C38H66N4O6/c1-9-24-20(2)30-17-33-26(11-14-37(44)47-7)23(5)31(42-33)18-34-25(10-13-36(43)46-6)21(3)28(40-34)16-29-22(4)27(12-15-38(45)48-8)35(41-29)19-32(24)39-30/h20-35,39-42H,9-19H2,1-8H3. The van der Waals surface area contributed by atoms with Gasteiger partial charge in [0.1, 0.15) is 0 Å². The van der Waals surface area contributed by atoms with Crippen LogP contribution in [0.25, 0.3) is 0 Å². The summed E-state index contributed by atoms with van der Waals surface area (Å²) in [7, 11) is 4.46. The topological polar surface area (TPSA) is 127 Å². The van der Waals surface area contributed by atoms with Gasteiger partial charge in [-0.3, -0.25) is 14.4 Å². The van der Waals surface area contributed by atoms with Gasteiger partial charge in [-0.15, -0.1) is 0 Å². The Labute approximate surface area is 289 Å². The van der Waals surface area contributed by atoms with Crippen molar-refractivity contribution < 1.29 is 28.6 Å². The molecule has 0 amide bonds. The van der Waals surface area contributed by atoms with Crippen LogP contribution < -0.4 is 21.3 Å². The Kier molecular flexibility index (Phi) is 12.9. The highest BCUT2D eigenvalue weighted by molar-refractivity contribution is 5.69. The number of rotatable bonds is 10. The lowest BCUT2D eigenvalue weighted by Gasteiger charge is -2.28. The maximum Gasteiger partial charge on any atom is 0.305 e. The van der Waals surface area contributed by atoms with Crippen LogP contribution in [0.5, 0.6) is 0 Å². The molecular weight excluding hydrogens is 608 g/mol. The predicted molar refractivity (Wildman–Crippen MR) is 186 cm³/mol. The molecule has 0 saturated carbocycles. The average molecular weight is 675 g/mol. The first-order valence-electron chi connectivity index (χ1n) is 19.2. The van der Waals surface area contributed by atoms with Gasteiger partial charge < -0.3 is 35.5 Å². The van der Waals surface area contributed by atoms with Crippen molar-refractivity contribution in [3.8, 4) is 0 Å². The van der Waals surface area contributed by atoms with Gasteiger partial charge >= 0.3 is 17.9 Å². The Bertz CT molecular complexity index is 1110. The quantitative estimate of drug-likeness (QED) is 0.198. The van der Waals surface area contributed by atoms with Crippen molar-refractivity contribution in [2.75, 3.05) is 21.3 Å². The average Bonchev–Trinajstić information content (AvgIpc) is 3.74. The molecule has 4 N–H and O–H groups in total. The molecule has 0 aromatic carbocycles. The lowest BCUT2D eigenvalue weighted by Crippen LogP contribution is -2.45. The second-order valence-corrected chi connectivity index (χ2v) is 16.3. The minimum absolute atomic E-state index is 0.122. The molecule has 0 radical (unpaired) electrons. The summed E-state index contributed by atoms with van der Waals surface area (Å²) in [6, 6.07) is 2.81. The second kappa shape index (κ2) is 16.5. The number of hydrogen-bond donors (Lipinski definition) is 4. The molecule has 0 aromatic rings.